The van der Waals surface area contributed by atoms with E-state index in [4.69, 9.17) is 16.7 Å². The summed E-state index contributed by atoms with van der Waals surface area (Å²) < 4.78 is 0. The highest BCUT2D eigenvalue weighted by molar-refractivity contribution is 6.28. The molecule has 0 bridgehead atoms. The average molecular weight is 294 g/mol. The molecule has 2 rings (SSSR count). The Morgan fingerprint density at radius 2 is 2.00 bits per heavy atom. The third-order valence-electron chi connectivity index (χ3n) is 2.94. The first-order chi connectivity index (χ1) is 9.66. The highest BCUT2D eigenvalue weighted by Crippen LogP contribution is 2.21. The van der Waals surface area contributed by atoms with E-state index in [2.05, 4.69) is 15.3 Å². The van der Waals surface area contributed by atoms with Crippen LogP contribution in [-0.4, -0.2) is 27.6 Å². The van der Waals surface area contributed by atoms with Crippen LogP contribution in [0.4, 0.5) is 5.82 Å². The number of hydrogen-bond acceptors (Lipinski definition) is 4. The summed E-state index contributed by atoms with van der Waals surface area (Å²) in [4.78, 5) is 18.7. The number of nitrogens with one attached hydrogen (secondary N) is 1. The van der Waals surface area contributed by atoms with Crippen molar-refractivity contribution < 1.29 is 9.90 Å². The minimum absolute atomic E-state index is 0.220. The van der Waals surface area contributed by atoms with E-state index >= 15 is 0 Å². The van der Waals surface area contributed by atoms with Gasteiger partial charge in [-0.1, -0.05) is 18.6 Å². The van der Waals surface area contributed by atoms with Crippen LogP contribution in [0.15, 0.2) is 24.3 Å². The molecule has 0 saturated carbocycles. The molecule has 1 aromatic carbocycles. The number of halogens is 1. The van der Waals surface area contributed by atoms with Crippen LogP contribution in [0.1, 0.15) is 25.7 Å². The van der Waals surface area contributed by atoms with Crippen molar-refractivity contribution >= 4 is 34.3 Å². The Labute approximate surface area is 122 Å². The monoisotopic (exact) mass is 293 g/mol. The summed E-state index contributed by atoms with van der Waals surface area (Å²) in [7, 11) is 0. The van der Waals surface area contributed by atoms with Gasteiger partial charge in [-0.15, -0.1) is 0 Å². The van der Waals surface area contributed by atoms with Crippen LogP contribution in [0.3, 0.4) is 0 Å². The van der Waals surface area contributed by atoms with Gasteiger partial charge in [-0.2, -0.15) is 0 Å². The highest BCUT2D eigenvalue weighted by Gasteiger charge is 2.05. The fourth-order valence-electron chi connectivity index (χ4n) is 1.97. The Morgan fingerprint density at radius 1 is 1.20 bits per heavy atom. The first-order valence-corrected chi connectivity index (χ1v) is 6.92. The van der Waals surface area contributed by atoms with Gasteiger partial charge in [0, 0.05) is 18.4 Å². The van der Waals surface area contributed by atoms with Crippen LogP contribution in [0.2, 0.25) is 5.28 Å². The quantitative estimate of drug-likeness (QED) is 0.605. The summed E-state index contributed by atoms with van der Waals surface area (Å²) in [6.07, 6.45) is 2.68. The summed E-state index contributed by atoms with van der Waals surface area (Å²) in [6.45, 7) is 0.733. The second-order valence-electron chi connectivity index (χ2n) is 4.49. The molecule has 0 unspecified atom stereocenters. The van der Waals surface area contributed by atoms with Crippen LogP contribution in [0.25, 0.3) is 10.9 Å². The van der Waals surface area contributed by atoms with Gasteiger partial charge in [0.2, 0.25) is 5.28 Å². The van der Waals surface area contributed by atoms with Crippen LogP contribution >= 0.6 is 11.6 Å². The molecule has 0 atom stereocenters. The average Bonchev–Trinajstić information content (AvgIpc) is 2.42. The Hall–Kier alpha value is -1.88. The number of benzene rings is 1. The fraction of sp³-hybridized carbons (Fsp3) is 0.357. The van der Waals surface area contributed by atoms with Crippen molar-refractivity contribution in [3.63, 3.8) is 0 Å². The number of anilines is 1. The maximum atomic E-state index is 10.4. The predicted molar refractivity (Wildman–Crippen MR) is 79.1 cm³/mol. The molecule has 0 aliphatic heterocycles. The van der Waals surface area contributed by atoms with Crippen molar-refractivity contribution in [3.05, 3.63) is 29.5 Å². The largest absolute Gasteiger partial charge is 0.481 e. The number of carboxylic acid groups (broad SMARTS) is 1. The van der Waals surface area contributed by atoms with E-state index < -0.39 is 5.97 Å². The van der Waals surface area contributed by atoms with Gasteiger partial charge in [0.05, 0.1) is 5.52 Å². The molecule has 5 nitrogen and oxygen atoms in total. The number of aromatic nitrogens is 2. The number of hydrogen-bond donors (Lipinski definition) is 2. The second kappa shape index (κ2) is 7.05. The van der Waals surface area contributed by atoms with E-state index in [1.807, 2.05) is 24.3 Å². The Bertz CT molecular complexity index is 604. The van der Waals surface area contributed by atoms with Gasteiger partial charge in [0.25, 0.3) is 0 Å². The molecule has 0 fully saturated rings. The number of rotatable bonds is 7. The third kappa shape index (κ3) is 4.06. The number of para-hydroxylation sites is 1. The lowest BCUT2D eigenvalue weighted by Crippen LogP contribution is -2.05. The molecule has 2 aromatic rings. The maximum absolute atomic E-state index is 10.4. The van der Waals surface area contributed by atoms with E-state index in [0.717, 1.165) is 36.1 Å². The third-order valence-corrected chi connectivity index (χ3v) is 3.10. The molecular formula is C14H16ClN3O2. The SMILES string of the molecule is O=C(O)CCCCCNc1nc(Cl)nc2ccccc12. The minimum Gasteiger partial charge on any atom is -0.481 e. The van der Waals surface area contributed by atoms with Crippen LogP contribution in [0, 0.1) is 0 Å². The van der Waals surface area contributed by atoms with Crippen molar-refractivity contribution in [2.45, 2.75) is 25.7 Å². The molecule has 0 amide bonds. The lowest BCUT2D eigenvalue weighted by atomic mass is 10.2. The molecule has 0 spiro atoms. The highest BCUT2D eigenvalue weighted by atomic mass is 35.5. The smallest absolute Gasteiger partial charge is 0.303 e. The first-order valence-electron chi connectivity index (χ1n) is 6.55. The van der Waals surface area contributed by atoms with Crippen molar-refractivity contribution in [1.82, 2.24) is 9.97 Å². The normalized spacial score (nSPS) is 10.7. The minimum atomic E-state index is -0.744. The number of nitrogens with zero attached hydrogens (tertiary/aromatic N) is 2. The molecule has 1 heterocycles. The summed E-state index contributed by atoms with van der Waals surface area (Å²) in [5, 5.41) is 12.9. The molecule has 0 radical (unpaired) electrons. The summed E-state index contributed by atoms with van der Waals surface area (Å²) in [6, 6.07) is 7.67. The van der Waals surface area contributed by atoms with E-state index in [0.29, 0.717) is 6.42 Å². The number of unbranched alkanes of at least 4 members (excludes halogenated alkanes) is 2. The first kappa shape index (κ1) is 14.5. The van der Waals surface area contributed by atoms with E-state index in [1.165, 1.54) is 0 Å². The van der Waals surface area contributed by atoms with Gasteiger partial charge in [0.15, 0.2) is 0 Å². The van der Waals surface area contributed by atoms with E-state index in [-0.39, 0.29) is 11.7 Å². The zero-order valence-corrected chi connectivity index (χ0v) is 11.7. The molecular weight excluding hydrogens is 278 g/mol. The van der Waals surface area contributed by atoms with E-state index in [1.54, 1.807) is 0 Å². The zero-order valence-electron chi connectivity index (χ0n) is 11.0. The van der Waals surface area contributed by atoms with Crippen LogP contribution in [-0.2, 0) is 4.79 Å². The molecule has 106 valence electrons. The summed E-state index contributed by atoms with van der Waals surface area (Å²) in [5.74, 6) is -0.0228. The summed E-state index contributed by atoms with van der Waals surface area (Å²) >= 11 is 5.89. The van der Waals surface area contributed by atoms with Crippen molar-refractivity contribution in [2.75, 3.05) is 11.9 Å². The standard InChI is InChI=1S/C14H16ClN3O2/c15-14-17-11-7-4-3-6-10(11)13(18-14)16-9-5-1-2-8-12(19)20/h3-4,6-7H,1-2,5,8-9H2,(H,19,20)(H,16,17,18). The molecule has 0 saturated heterocycles. The lowest BCUT2D eigenvalue weighted by molar-refractivity contribution is -0.137. The molecule has 6 heteroatoms. The van der Waals surface area contributed by atoms with E-state index in [9.17, 15) is 4.79 Å². The number of carbonyl (C=O) groups is 1. The van der Waals surface area contributed by atoms with Gasteiger partial charge >= 0.3 is 5.97 Å². The van der Waals surface area contributed by atoms with Crippen molar-refractivity contribution in [3.8, 4) is 0 Å². The number of carboxylic acids is 1. The van der Waals surface area contributed by atoms with Gasteiger partial charge < -0.3 is 10.4 Å². The molecule has 0 aliphatic carbocycles. The number of aliphatic carboxylic acids is 1. The van der Waals surface area contributed by atoms with Gasteiger partial charge in [-0.25, -0.2) is 9.97 Å². The predicted octanol–water partition coefficient (Wildman–Crippen LogP) is 3.34. The lowest BCUT2D eigenvalue weighted by Gasteiger charge is -2.08. The Balaban J connectivity index is 1.91. The Morgan fingerprint density at radius 3 is 2.80 bits per heavy atom. The molecule has 20 heavy (non-hydrogen) atoms. The topological polar surface area (TPSA) is 75.1 Å². The van der Waals surface area contributed by atoms with Crippen LogP contribution in [0.5, 0.6) is 0 Å². The van der Waals surface area contributed by atoms with Crippen molar-refractivity contribution in [2.24, 2.45) is 0 Å². The van der Waals surface area contributed by atoms with Crippen molar-refractivity contribution in [1.29, 1.82) is 0 Å². The van der Waals surface area contributed by atoms with Gasteiger partial charge in [0.1, 0.15) is 5.82 Å². The van der Waals surface area contributed by atoms with Gasteiger partial charge in [-0.05, 0) is 36.6 Å². The zero-order chi connectivity index (χ0) is 14.4. The maximum Gasteiger partial charge on any atom is 0.303 e. The summed E-state index contributed by atoms with van der Waals surface area (Å²) in [5.41, 5.74) is 0.806. The van der Waals surface area contributed by atoms with Crippen LogP contribution < -0.4 is 5.32 Å². The fourth-order valence-corrected chi connectivity index (χ4v) is 2.14. The molecule has 1 aromatic heterocycles. The second-order valence-corrected chi connectivity index (χ2v) is 4.83. The van der Waals surface area contributed by atoms with Gasteiger partial charge in [-0.3, -0.25) is 4.79 Å². The molecule has 0 aliphatic rings. The Kier molecular flexibility index (Phi) is 5.12. The number of fused-ring (bicyclic) bond motifs is 1. The molecule has 2 N–H and O–H groups in total.